The van der Waals surface area contributed by atoms with Crippen LogP contribution in [0.1, 0.15) is 26.3 Å². The molecule has 0 aliphatic rings. The van der Waals surface area contributed by atoms with Crippen LogP contribution in [0.25, 0.3) is 11.4 Å². The summed E-state index contributed by atoms with van der Waals surface area (Å²) in [7, 11) is 0. The molecule has 0 bridgehead atoms. The summed E-state index contributed by atoms with van der Waals surface area (Å²) >= 11 is 10.9. The Hall–Kier alpha value is -2.09. The highest BCUT2D eigenvalue weighted by Crippen LogP contribution is 2.29. The van der Waals surface area contributed by atoms with E-state index in [4.69, 9.17) is 11.6 Å². The maximum atomic E-state index is 12.4. The number of amides is 1. The predicted molar refractivity (Wildman–Crippen MR) is 133 cm³/mol. The van der Waals surface area contributed by atoms with Crippen molar-refractivity contribution in [2.24, 2.45) is 0 Å². The third-order valence-electron chi connectivity index (χ3n) is 4.58. The van der Waals surface area contributed by atoms with Gasteiger partial charge in [-0.25, -0.2) is 0 Å². The number of nitrogens with one attached hydrogen (secondary N) is 1. The van der Waals surface area contributed by atoms with E-state index in [1.807, 2.05) is 10.6 Å². The number of allylic oxidation sites excluding steroid dienone is 1. The number of carbonyl (C=O) groups excluding carboxylic acids is 1. The second-order valence-electron chi connectivity index (χ2n) is 7.99. The lowest BCUT2D eigenvalue weighted by molar-refractivity contribution is -0.113. The molecule has 0 spiro atoms. The average Bonchev–Trinajstić information content (AvgIpc) is 3.11. The molecule has 3 aromatic rings. The molecule has 0 atom stereocenters. The van der Waals surface area contributed by atoms with Crippen molar-refractivity contribution in [2.75, 3.05) is 11.1 Å². The summed E-state index contributed by atoms with van der Waals surface area (Å²) in [5, 5.41) is 12.6. The van der Waals surface area contributed by atoms with E-state index in [-0.39, 0.29) is 17.1 Å². The second kappa shape index (κ2) is 10.0. The topological polar surface area (TPSA) is 59.8 Å². The fraction of sp³-hybridized carbons (Fsp3) is 0.261. The first-order chi connectivity index (χ1) is 14.7. The van der Waals surface area contributed by atoms with Gasteiger partial charge in [-0.05, 0) is 29.2 Å². The highest BCUT2D eigenvalue weighted by Gasteiger charge is 2.17. The zero-order valence-corrected chi connectivity index (χ0v) is 20.8. The predicted octanol–water partition coefficient (Wildman–Crippen LogP) is 6.58. The molecule has 1 N–H and O–H groups in total. The van der Waals surface area contributed by atoms with Gasteiger partial charge < -0.3 is 5.32 Å². The normalized spacial score (nSPS) is 11.4. The first-order valence-corrected chi connectivity index (χ1v) is 11.9. The molecule has 31 heavy (non-hydrogen) atoms. The van der Waals surface area contributed by atoms with Crippen molar-refractivity contribution in [3.63, 3.8) is 0 Å². The van der Waals surface area contributed by atoms with Crippen LogP contribution in [0, 0.1) is 0 Å². The maximum Gasteiger partial charge on any atom is 0.234 e. The van der Waals surface area contributed by atoms with Gasteiger partial charge in [-0.3, -0.25) is 9.36 Å². The van der Waals surface area contributed by atoms with Crippen LogP contribution in [0.5, 0.6) is 0 Å². The van der Waals surface area contributed by atoms with E-state index < -0.39 is 0 Å². The first-order valence-electron chi connectivity index (χ1n) is 9.71. The van der Waals surface area contributed by atoms with Gasteiger partial charge in [0.2, 0.25) is 5.91 Å². The number of halogens is 2. The Bertz CT molecular complexity index is 1090. The Balaban J connectivity index is 1.74. The number of aromatic nitrogens is 3. The largest absolute Gasteiger partial charge is 0.324 e. The van der Waals surface area contributed by atoms with Crippen molar-refractivity contribution in [2.45, 2.75) is 37.9 Å². The SMILES string of the molecule is C=CCn1c(SCC(=O)Nc2ccc(Br)cc2Cl)nnc1-c1ccc(C(C)(C)C)cc1. The molecule has 1 heterocycles. The van der Waals surface area contributed by atoms with E-state index >= 15 is 0 Å². The minimum absolute atomic E-state index is 0.0828. The van der Waals surface area contributed by atoms with Crippen molar-refractivity contribution in [3.05, 3.63) is 70.2 Å². The molecule has 1 amide bonds. The van der Waals surface area contributed by atoms with Gasteiger partial charge in [0.25, 0.3) is 0 Å². The van der Waals surface area contributed by atoms with Crippen LogP contribution < -0.4 is 5.32 Å². The van der Waals surface area contributed by atoms with E-state index in [0.29, 0.717) is 22.4 Å². The van der Waals surface area contributed by atoms with Gasteiger partial charge in [0, 0.05) is 16.6 Å². The Kier molecular flexibility index (Phi) is 7.62. The van der Waals surface area contributed by atoms with E-state index in [1.54, 1.807) is 18.2 Å². The number of hydrogen-bond acceptors (Lipinski definition) is 4. The number of thioether (sulfide) groups is 1. The van der Waals surface area contributed by atoms with E-state index in [9.17, 15) is 4.79 Å². The van der Waals surface area contributed by atoms with Crippen molar-refractivity contribution in [3.8, 4) is 11.4 Å². The van der Waals surface area contributed by atoms with Crippen LogP contribution in [0.15, 0.2) is 64.7 Å². The molecule has 0 aliphatic carbocycles. The second-order valence-corrected chi connectivity index (χ2v) is 10.3. The quantitative estimate of drug-likeness (QED) is 0.283. The maximum absolute atomic E-state index is 12.4. The molecule has 1 aromatic heterocycles. The highest BCUT2D eigenvalue weighted by atomic mass is 79.9. The number of rotatable bonds is 7. The summed E-state index contributed by atoms with van der Waals surface area (Å²) < 4.78 is 2.81. The molecule has 0 unspecified atom stereocenters. The molecule has 0 radical (unpaired) electrons. The van der Waals surface area contributed by atoms with Crippen LogP contribution in [0.2, 0.25) is 5.02 Å². The van der Waals surface area contributed by atoms with E-state index in [0.717, 1.165) is 15.9 Å². The van der Waals surface area contributed by atoms with Gasteiger partial charge in [-0.2, -0.15) is 0 Å². The summed E-state index contributed by atoms with van der Waals surface area (Å²) in [4.78, 5) is 12.4. The first kappa shape index (κ1) is 23.6. The van der Waals surface area contributed by atoms with E-state index in [1.165, 1.54) is 17.3 Å². The van der Waals surface area contributed by atoms with E-state index in [2.05, 4.69) is 83.1 Å². The molecule has 0 saturated heterocycles. The van der Waals surface area contributed by atoms with Crippen molar-refractivity contribution < 1.29 is 4.79 Å². The summed E-state index contributed by atoms with van der Waals surface area (Å²) in [5.41, 5.74) is 2.88. The minimum Gasteiger partial charge on any atom is -0.324 e. The molecular weight excluding hydrogens is 496 g/mol. The molecule has 0 fully saturated rings. The van der Waals surface area contributed by atoms with Gasteiger partial charge in [0.1, 0.15) is 0 Å². The van der Waals surface area contributed by atoms with Crippen LogP contribution in [-0.4, -0.2) is 26.4 Å². The van der Waals surface area contributed by atoms with Crippen LogP contribution in [-0.2, 0) is 16.8 Å². The third kappa shape index (κ3) is 5.99. The number of carbonyl (C=O) groups is 1. The Morgan fingerprint density at radius 2 is 1.94 bits per heavy atom. The van der Waals surface area contributed by atoms with Crippen molar-refractivity contribution in [1.29, 1.82) is 0 Å². The van der Waals surface area contributed by atoms with Gasteiger partial charge >= 0.3 is 0 Å². The van der Waals surface area contributed by atoms with Gasteiger partial charge in [-0.15, -0.1) is 16.8 Å². The minimum atomic E-state index is -0.168. The Labute approximate surface area is 200 Å². The lowest BCUT2D eigenvalue weighted by Crippen LogP contribution is -2.15. The lowest BCUT2D eigenvalue weighted by Gasteiger charge is -2.19. The fourth-order valence-corrected chi connectivity index (χ4v) is 4.40. The molecule has 0 aliphatic heterocycles. The monoisotopic (exact) mass is 518 g/mol. The van der Waals surface area contributed by atoms with Crippen LogP contribution in [0.3, 0.4) is 0 Å². The zero-order valence-electron chi connectivity index (χ0n) is 17.7. The number of benzene rings is 2. The van der Waals surface area contributed by atoms with Gasteiger partial charge in [-0.1, -0.05) is 90.4 Å². The zero-order chi connectivity index (χ0) is 22.6. The van der Waals surface area contributed by atoms with Crippen molar-refractivity contribution >= 4 is 50.9 Å². The summed E-state index contributed by atoms with van der Waals surface area (Å²) in [5.74, 6) is 0.766. The van der Waals surface area contributed by atoms with Gasteiger partial charge in [0.15, 0.2) is 11.0 Å². The molecule has 2 aromatic carbocycles. The Morgan fingerprint density at radius 3 is 2.55 bits per heavy atom. The molecule has 0 saturated carbocycles. The standard InChI is InChI=1S/C23H24BrClN4OS/c1-5-12-29-21(15-6-8-16(9-7-15)23(2,3)4)27-28-22(29)31-14-20(30)26-19-11-10-17(24)13-18(19)25/h5-11,13H,1,12,14H2,2-4H3,(H,26,30). The molecule has 5 nitrogen and oxygen atoms in total. The molecule has 8 heteroatoms. The van der Waals surface area contributed by atoms with Crippen LogP contribution >= 0.6 is 39.3 Å². The summed E-state index contributed by atoms with van der Waals surface area (Å²) in [6.45, 7) is 10.9. The molecule has 162 valence electrons. The highest BCUT2D eigenvalue weighted by molar-refractivity contribution is 9.10. The summed E-state index contributed by atoms with van der Waals surface area (Å²) in [6, 6.07) is 13.7. The summed E-state index contributed by atoms with van der Waals surface area (Å²) in [6.07, 6.45) is 1.79. The molecule has 3 rings (SSSR count). The van der Waals surface area contributed by atoms with Gasteiger partial charge in [0.05, 0.1) is 16.5 Å². The Morgan fingerprint density at radius 1 is 1.23 bits per heavy atom. The smallest absolute Gasteiger partial charge is 0.234 e. The van der Waals surface area contributed by atoms with Crippen molar-refractivity contribution in [1.82, 2.24) is 14.8 Å². The number of hydrogen-bond donors (Lipinski definition) is 1. The number of anilines is 1. The number of nitrogens with zero attached hydrogens (tertiary/aromatic N) is 3. The fourth-order valence-electron chi connectivity index (χ4n) is 2.93. The third-order valence-corrected chi connectivity index (χ3v) is 6.35. The lowest BCUT2D eigenvalue weighted by atomic mass is 9.87. The molecular formula is C23H24BrClN4OS. The van der Waals surface area contributed by atoms with Crippen LogP contribution in [0.4, 0.5) is 5.69 Å². The average molecular weight is 520 g/mol.